The molecule has 1 unspecified atom stereocenters. The zero-order valence-electron chi connectivity index (χ0n) is 19.1. The lowest BCUT2D eigenvalue weighted by Gasteiger charge is -2.21. The number of benzene rings is 1. The number of nitrogens with one attached hydrogen (secondary N) is 1. The van der Waals surface area contributed by atoms with Crippen LogP contribution in [0.5, 0.6) is 0 Å². The zero-order chi connectivity index (χ0) is 24.2. The predicted molar refractivity (Wildman–Crippen MR) is 131 cm³/mol. The molecule has 1 aromatic carbocycles. The van der Waals surface area contributed by atoms with Crippen LogP contribution in [-0.2, 0) is 26.9 Å². The number of esters is 1. The van der Waals surface area contributed by atoms with Crippen LogP contribution in [0.4, 0.5) is 5.13 Å². The first-order valence-corrected chi connectivity index (χ1v) is 13.2. The smallest absolute Gasteiger partial charge is 0.332 e. The molecular formula is C23H30N3O5PS. The molecule has 0 amide bonds. The number of nitrogens with two attached hydrogens (primary N) is 1. The van der Waals surface area contributed by atoms with E-state index in [0.29, 0.717) is 22.5 Å². The minimum absolute atomic E-state index is 0.171. The van der Waals surface area contributed by atoms with Crippen molar-refractivity contribution in [1.82, 2.24) is 10.1 Å². The lowest BCUT2D eigenvalue weighted by molar-refractivity contribution is -0.149. The highest BCUT2D eigenvalue weighted by Gasteiger charge is 2.34. The van der Waals surface area contributed by atoms with Crippen LogP contribution in [0.25, 0.3) is 11.5 Å². The van der Waals surface area contributed by atoms with Gasteiger partial charge in [0.1, 0.15) is 11.7 Å². The summed E-state index contributed by atoms with van der Waals surface area (Å²) in [6.45, 7) is 7.62. The van der Waals surface area contributed by atoms with E-state index in [9.17, 15) is 14.3 Å². The predicted octanol–water partition coefficient (Wildman–Crippen LogP) is 4.15. The molecule has 0 fully saturated rings. The molecule has 0 aliphatic carbocycles. The van der Waals surface area contributed by atoms with E-state index >= 15 is 0 Å². The van der Waals surface area contributed by atoms with Crippen molar-refractivity contribution in [1.29, 1.82) is 0 Å². The van der Waals surface area contributed by atoms with Gasteiger partial charge in [-0.3, -0.25) is 9.36 Å². The molecule has 10 heteroatoms. The van der Waals surface area contributed by atoms with Gasteiger partial charge < -0.3 is 19.8 Å². The number of hydrogen-bond donors (Lipinski definition) is 3. The molecule has 0 saturated heterocycles. The summed E-state index contributed by atoms with van der Waals surface area (Å²) >= 11 is 1.37. The Hall–Kier alpha value is -2.45. The molecule has 0 bridgehead atoms. The Morgan fingerprint density at radius 1 is 1.18 bits per heavy atom. The molecule has 0 saturated carbocycles. The third kappa shape index (κ3) is 6.77. The van der Waals surface area contributed by atoms with Crippen LogP contribution < -0.4 is 16.3 Å². The highest BCUT2D eigenvalue weighted by atomic mass is 32.1. The Morgan fingerprint density at radius 3 is 2.52 bits per heavy atom. The average molecular weight is 492 g/mol. The molecule has 0 spiro atoms. The highest BCUT2D eigenvalue weighted by molar-refractivity contribution is 7.63. The highest BCUT2D eigenvalue weighted by Crippen LogP contribution is 2.39. The number of thiazole rings is 1. The number of furan rings is 1. The maximum Gasteiger partial charge on any atom is 0.332 e. The molecule has 2 heterocycles. The summed E-state index contributed by atoms with van der Waals surface area (Å²) in [6, 6.07) is 11.2. The Balaban J connectivity index is 1.85. The van der Waals surface area contributed by atoms with Gasteiger partial charge in [0.15, 0.2) is 10.9 Å². The summed E-state index contributed by atoms with van der Waals surface area (Å²) in [7, 11) is -4.24. The average Bonchev–Trinajstić information content (AvgIpc) is 3.34. The van der Waals surface area contributed by atoms with E-state index in [1.165, 1.54) is 17.4 Å². The molecule has 0 aliphatic heterocycles. The number of nitrogens with zero attached hydrogens (tertiary/aromatic N) is 1. The van der Waals surface area contributed by atoms with Gasteiger partial charge in [-0.15, -0.1) is 11.3 Å². The standard InChI is InChI=1S/C23H30N3O5PS/c1-14(2)12-19-21(25-23(24)33-19)18-10-11-20(31-18)32(28,29)26-17(22(27)30-15(3)4)13-16-8-6-5-7-9-16/h5-11,14-15,17H,12-13H2,1-4H3,(H2,24,25)(H2,26,28,29)/t17-/m0/s1. The molecule has 0 aliphatic rings. The van der Waals surface area contributed by atoms with Gasteiger partial charge in [-0.25, -0.2) is 10.1 Å². The molecule has 2 atom stereocenters. The van der Waals surface area contributed by atoms with Gasteiger partial charge in [0, 0.05) is 4.88 Å². The van der Waals surface area contributed by atoms with Crippen LogP contribution in [0.3, 0.4) is 0 Å². The second-order valence-electron chi connectivity index (χ2n) is 8.49. The molecule has 33 heavy (non-hydrogen) atoms. The number of hydrogen-bond acceptors (Lipinski definition) is 7. The van der Waals surface area contributed by atoms with Crippen LogP contribution >= 0.6 is 18.9 Å². The summed E-state index contributed by atoms with van der Waals surface area (Å²) in [5, 5.41) is 2.99. The number of anilines is 1. The number of carbonyl (C=O) groups is 1. The molecule has 0 radical (unpaired) electrons. The first kappa shape index (κ1) is 25.2. The van der Waals surface area contributed by atoms with Crippen LogP contribution in [-0.4, -0.2) is 28.0 Å². The van der Waals surface area contributed by atoms with Crippen LogP contribution in [0.2, 0.25) is 0 Å². The van der Waals surface area contributed by atoms with Crippen LogP contribution in [0, 0.1) is 5.92 Å². The number of nitrogen functional groups attached to an aromatic ring is 1. The second-order valence-corrected chi connectivity index (χ2v) is 11.5. The zero-order valence-corrected chi connectivity index (χ0v) is 20.9. The van der Waals surface area contributed by atoms with E-state index in [2.05, 4.69) is 23.9 Å². The summed E-state index contributed by atoms with van der Waals surface area (Å²) in [4.78, 5) is 28.8. The van der Waals surface area contributed by atoms with E-state index in [0.717, 1.165) is 16.9 Å². The SMILES string of the molecule is CC(C)Cc1sc(N)nc1-c1ccc(P(=O)(O)N[C@@H](Cc2ccccc2)C(=O)OC(C)C)o1. The van der Waals surface area contributed by atoms with Crippen molar-refractivity contribution in [2.24, 2.45) is 5.92 Å². The number of carbonyl (C=O) groups excluding carboxylic acids is 1. The van der Waals surface area contributed by atoms with Gasteiger partial charge in [0.05, 0.1) is 6.10 Å². The van der Waals surface area contributed by atoms with Crippen LogP contribution in [0.15, 0.2) is 46.9 Å². The summed E-state index contributed by atoms with van der Waals surface area (Å²) < 4.78 is 24.3. The van der Waals surface area contributed by atoms with E-state index in [1.54, 1.807) is 19.9 Å². The Kier molecular flexibility index (Phi) is 8.13. The third-order valence-electron chi connectivity index (χ3n) is 4.68. The number of aromatic nitrogens is 1. The molecule has 178 valence electrons. The normalized spacial score (nSPS) is 14.4. The van der Waals surface area contributed by atoms with Gasteiger partial charge in [-0.2, -0.15) is 0 Å². The van der Waals surface area contributed by atoms with Crippen molar-refractivity contribution >= 4 is 35.5 Å². The van der Waals surface area contributed by atoms with E-state index in [4.69, 9.17) is 14.9 Å². The van der Waals surface area contributed by atoms with E-state index in [1.807, 2.05) is 30.3 Å². The van der Waals surface area contributed by atoms with Crippen molar-refractivity contribution in [3.8, 4) is 11.5 Å². The summed E-state index contributed by atoms with van der Waals surface area (Å²) in [6.07, 6.45) is 0.585. The Morgan fingerprint density at radius 2 is 1.88 bits per heavy atom. The first-order chi connectivity index (χ1) is 15.5. The second kappa shape index (κ2) is 10.7. The van der Waals surface area contributed by atoms with E-state index < -0.39 is 19.5 Å². The third-order valence-corrected chi connectivity index (χ3v) is 7.09. The van der Waals surface area contributed by atoms with Crippen molar-refractivity contribution in [3.05, 3.63) is 52.9 Å². The lowest BCUT2D eigenvalue weighted by atomic mass is 10.1. The fraction of sp³-hybridized carbons (Fsp3) is 0.391. The van der Waals surface area contributed by atoms with Crippen molar-refractivity contribution < 1.29 is 23.4 Å². The monoisotopic (exact) mass is 491 g/mol. The molecule has 2 aromatic heterocycles. The topological polar surface area (TPSA) is 128 Å². The fourth-order valence-electron chi connectivity index (χ4n) is 3.31. The van der Waals surface area contributed by atoms with Gasteiger partial charge in [-0.1, -0.05) is 44.2 Å². The number of rotatable bonds is 10. The van der Waals surface area contributed by atoms with Gasteiger partial charge in [-0.05, 0) is 50.3 Å². The van der Waals surface area contributed by atoms with Crippen molar-refractivity contribution in [3.63, 3.8) is 0 Å². The first-order valence-electron chi connectivity index (χ1n) is 10.8. The van der Waals surface area contributed by atoms with Gasteiger partial charge >= 0.3 is 13.5 Å². The molecule has 3 aromatic rings. The molecule has 8 nitrogen and oxygen atoms in total. The van der Waals surface area contributed by atoms with Gasteiger partial charge in [0.25, 0.3) is 0 Å². The van der Waals surface area contributed by atoms with Crippen molar-refractivity contribution in [2.45, 2.75) is 52.7 Å². The Labute approximate surface area is 197 Å². The quantitative estimate of drug-likeness (QED) is 0.285. The molecule has 4 N–H and O–H groups in total. The van der Waals surface area contributed by atoms with Crippen molar-refractivity contribution in [2.75, 3.05) is 5.73 Å². The maximum absolute atomic E-state index is 13.2. The maximum atomic E-state index is 13.2. The molecular weight excluding hydrogens is 461 g/mol. The fourth-order valence-corrected chi connectivity index (χ4v) is 5.60. The lowest BCUT2D eigenvalue weighted by Crippen LogP contribution is -2.40. The minimum Gasteiger partial charge on any atom is -0.462 e. The minimum atomic E-state index is -4.24. The van der Waals surface area contributed by atoms with Crippen LogP contribution in [0.1, 0.15) is 38.1 Å². The summed E-state index contributed by atoms with van der Waals surface area (Å²) in [5.74, 6) is 0.129. The van der Waals surface area contributed by atoms with Gasteiger partial charge in [0.2, 0.25) is 5.50 Å². The van der Waals surface area contributed by atoms with E-state index in [-0.39, 0.29) is 18.0 Å². The largest absolute Gasteiger partial charge is 0.462 e. The Bertz CT molecular complexity index is 1130. The number of ether oxygens (including phenoxy) is 1. The summed E-state index contributed by atoms with van der Waals surface area (Å²) in [5.41, 5.74) is 7.12. The molecule has 3 rings (SSSR count).